The molecule has 0 N–H and O–H groups in total. The molecule has 0 heterocycles. The number of carbonyl (C=O) groups is 1. The zero-order valence-corrected chi connectivity index (χ0v) is 13.6. The molecule has 0 bridgehead atoms. The van der Waals surface area contributed by atoms with E-state index in [1.54, 1.807) is 12.1 Å². The van der Waals surface area contributed by atoms with Gasteiger partial charge in [-0.15, -0.1) is 11.8 Å². The average molecular weight is 374 g/mol. The van der Waals surface area contributed by atoms with Gasteiger partial charge in [0.1, 0.15) is 11.6 Å². The molecule has 0 spiro atoms. The lowest BCUT2D eigenvalue weighted by molar-refractivity contribution is -0.116. The van der Waals surface area contributed by atoms with Gasteiger partial charge in [0.15, 0.2) is 0 Å². The summed E-state index contributed by atoms with van der Waals surface area (Å²) in [5.74, 6) is -0.219. The molecule has 0 saturated carbocycles. The molecule has 0 aliphatic carbocycles. The van der Waals surface area contributed by atoms with Crippen LogP contribution in [0.3, 0.4) is 0 Å². The van der Waals surface area contributed by atoms with Gasteiger partial charge < -0.3 is 0 Å². The number of halogens is 3. The molecular weight excluding hydrogens is 363 g/mol. The normalized spacial score (nSPS) is 10.6. The van der Waals surface area contributed by atoms with Crippen molar-refractivity contribution < 1.29 is 9.18 Å². The lowest BCUT2D eigenvalue weighted by Gasteiger charge is -2.04. The van der Waals surface area contributed by atoms with Crippen molar-refractivity contribution in [3.63, 3.8) is 0 Å². The fourth-order valence-corrected chi connectivity index (χ4v) is 2.86. The van der Waals surface area contributed by atoms with Crippen LogP contribution in [0.2, 0.25) is 5.02 Å². The molecule has 0 radical (unpaired) electrons. The van der Waals surface area contributed by atoms with Gasteiger partial charge in [0.05, 0.1) is 10.8 Å². The second kappa shape index (κ2) is 7.25. The van der Waals surface area contributed by atoms with E-state index in [1.807, 2.05) is 24.3 Å². The SMILES string of the molecule is O=C(CSc1ccc(Br)cc1)Cc1cccc(Cl)c1F. The third kappa shape index (κ3) is 4.33. The lowest BCUT2D eigenvalue weighted by atomic mass is 10.1. The first-order valence-corrected chi connectivity index (χ1v) is 8.05. The van der Waals surface area contributed by atoms with Crippen LogP contribution in [-0.4, -0.2) is 11.5 Å². The Balaban J connectivity index is 1.92. The Hall–Kier alpha value is -0.840. The van der Waals surface area contributed by atoms with Gasteiger partial charge in [-0.3, -0.25) is 4.79 Å². The Morgan fingerprint density at radius 3 is 2.60 bits per heavy atom. The Kier molecular flexibility index (Phi) is 5.64. The molecule has 0 saturated heterocycles. The van der Waals surface area contributed by atoms with Gasteiger partial charge in [-0.2, -0.15) is 0 Å². The van der Waals surface area contributed by atoms with E-state index < -0.39 is 5.82 Å². The van der Waals surface area contributed by atoms with E-state index >= 15 is 0 Å². The summed E-state index contributed by atoms with van der Waals surface area (Å²) in [5.41, 5.74) is 0.346. The summed E-state index contributed by atoms with van der Waals surface area (Å²) >= 11 is 10.5. The summed E-state index contributed by atoms with van der Waals surface area (Å²) < 4.78 is 14.7. The third-order valence-corrected chi connectivity index (χ3v) is 4.53. The molecule has 0 aliphatic rings. The van der Waals surface area contributed by atoms with E-state index in [0.717, 1.165) is 9.37 Å². The summed E-state index contributed by atoms with van der Waals surface area (Å²) in [7, 11) is 0. The maximum atomic E-state index is 13.7. The number of hydrogen-bond donors (Lipinski definition) is 0. The van der Waals surface area contributed by atoms with Gasteiger partial charge in [0.25, 0.3) is 0 Å². The molecule has 2 aromatic rings. The highest BCUT2D eigenvalue weighted by atomic mass is 79.9. The largest absolute Gasteiger partial charge is 0.298 e. The van der Waals surface area contributed by atoms with E-state index in [0.29, 0.717) is 11.3 Å². The highest BCUT2D eigenvalue weighted by molar-refractivity contribution is 9.10. The molecule has 5 heteroatoms. The summed E-state index contributed by atoms with van der Waals surface area (Å²) in [6.45, 7) is 0. The van der Waals surface area contributed by atoms with Crippen LogP contribution in [0.4, 0.5) is 4.39 Å². The summed E-state index contributed by atoms with van der Waals surface area (Å²) in [6.07, 6.45) is 0.0654. The highest BCUT2D eigenvalue weighted by Crippen LogP contribution is 2.22. The van der Waals surface area contributed by atoms with Crippen molar-refractivity contribution in [1.82, 2.24) is 0 Å². The molecule has 20 heavy (non-hydrogen) atoms. The van der Waals surface area contributed by atoms with Gasteiger partial charge in [-0.05, 0) is 35.9 Å². The molecule has 0 unspecified atom stereocenters. The van der Waals surface area contributed by atoms with Crippen LogP contribution in [0.1, 0.15) is 5.56 Å². The third-order valence-electron chi connectivity index (χ3n) is 2.63. The van der Waals surface area contributed by atoms with Crippen LogP contribution < -0.4 is 0 Å². The van der Waals surface area contributed by atoms with Crippen molar-refractivity contribution in [2.24, 2.45) is 0 Å². The first-order chi connectivity index (χ1) is 9.56. The smallest absolute Gasteiger partial charge is 0.147 e. The van der Waals surface area contributed by atoms with E-state index in [-0.39, 0.29) is 17.2 Å². The number of thioether (sulfide) groups is 1. The average Bonchev–Trinajstić information content (AvgIpc) is 2.43. The van der Waals surface area contributed by atoms with Gasteiger partial charge in [-0.25, -0.2) is 4.39 Å². The molecule has 0 aromatic heterocycles. The number of ketones is 1. The molecule has 2 rings (SSSR count). The predicted molar refractivity (Wildman–Crippen MR) is 85.0 cm³/mol. The Bertz CT molecular complexity index is 616. The maximum absolute atomic E-state index is 13.7. The minimum absolute atomic E-state index is 0.0286. The van der Waals surface area contributed by atoms with Crippen molar-refractivity contribution in [2.45, 2.75) is 11.3 Å². The second-order valence-corrected chi connectivity index (χ2v) is 6.54. The van der Waals surface area contributed by atoms with Crippen molar-refractivity contribution in [2.75, 3.05) is 5.75 Å². The van der Waals surface area contributed by atoms with Crippen LogP contribution in [0.5, 0.6) is 0 Å². The van der Waals surface area contributed by atoms with Crippen LogP contribution >= 0.6 is 39.3 Å². The summed E-state index contributed by atoms with van der Waals surface area (Å²) in [5, 5.41) is 0.0517. The molecule has 0 aliphatic heterocycles. The minimum atomic E-state index is -0.504. The molecule has 2 aromatic carbocycles. The molecule has 0 fully saturated rings. The molecule has 104 valence electrons. The first-order valence-electron chi connectivity index (χ1n) is 5.89. The van der Waals surface area contributed by atoms with E-state index in [1.165, 1.54) is 17.8 Å². The van der Waals surface area contributed by atoms with Crippen LogP contribution in [0.15, 0.2) is 51.8 Å². The molecule has 1 nitrogen and oxygen atoms in total. The number of carbonyl (C=O) groups excluding carboxylic acids is 1. The van der Waals surface area contributed by atoms with E-state index in [4.69, 9.17) is 11.6 Å². The first kappa shape index (κ1) is 15.5. The van der Waals surface area contributed by atoms with Crippen molar-refractivity contribution in [1.29, 1.82) is 0 Å². The quantitative estimate of drug-likeness (QED) is 0.675. The van der Waals surface area contributed by atoms with Crippen LogP contribution in [-0.2, 0) is 11.2 Å². The van der Waals surface area contributed by atoms with E-state index in [2.05, 4.69) is 15.9 Å². The predicted octanol–water partition coefficient (Wildman–Crippen LogP) is 5.15. The van der Waals surface area contributed by atoms with Gasteiger partial charge in [-0.1, -0.05) is 39.7 Å². The summed E-state index contributed by atoms with van der Waals surface area (Å²) in [6, 6.07) is 12.4. The standard InChI is InChI=1S/C15H11BrClFOS/c16-11-4-6-13(7-5-11)20-9-12(19)8-10-2-1-3-14(17)15(10)18/h1-7H,8-9H2. The summed E-state index contributed by atoms with van der Waals surface area (Å²) in [4.78, 5) is 12.9. The Morgan fingerprint density at radius 2 is 1.90 bits per heavy atom. The zero-order chi connectivity index (χ0) is 14.5. The fraction of sp³-hybridized carbons (Fsp3) is 0.133. The lowest BCUT2D eigenvalue weighted by Crippen LogP contribution is -2.07. The van der Waals surface area contributed by atoms with Crippen molar-refractivity contribution in [3.05, 3.63) is 63.3 Å². The Labute approximate surface area is 134 Å². The fourth-order valence-electron chi connectivity index (χ4n) is 1.64. The van der Waals surface area contributed by atoms with Crippen molar-refractivity contribution >= 4 is 45.1 Å². The molecule has 0 amide bonds. The van der Waals surface area contributed by atoms with E-state index in [9.17, 15) is 9.18 Å². The maximum Gasteiger partial charge on any atom is 0.147 e. The minimum Gasteiger partial charge on any atom is -0.298 e. The molecule has 0 atom stereocenters. The number of rotatable bonds is 5. The highest BCUT2D eigenvalue weighted by Gasteiger charge is 2.11. The van der Waals surface area contributed by atoms with Gasteiger partial charge in [0, 0.05) is 15.8 Å². The number of benzene rings is 2. The monoisotopic (exact) mass is 372 g/mol. The van der Waals surface area contributed by atoms with Crippen LogP contribution in [0.25, 0.3) is 0 Å². The number of Topliss-reactive ketones (excluding diaryl/α,β-unsaturated/α-hetero) is 1. The second-order valence-electron chi connectivity index (χ2n) is 4.17. The van der Waals surface area contributed by atoms with Gasteiger partial charge >= 0.3 is 0 Å². The Morgan fingerprint density at radius 1 is 1.20 bits per heavy atom. The molecular formula is C15H11BrClFOS. The zero-order valence-electron chi connectivity index (χ0n) is 10.4. The van der Waals surface area contributed by atoms with Crippen molar-refractivity contribution in [3.8, 4) is 0 Å². The van der Waals surface area contributed by atoms with Gasteiger partial charge in [0.2, 0.25) is 0 Å². The number of hydrogen-bond acceptors (Lipinski definition) is 2. The topological polar surface area (TPSA) is 17.1 Å². The van der Waals surface area contributed by atoms with Crippen LogP contribution in [0, 0.1) is 5.82 Å².